The first-order chi connectivity index (χ1) is 14.2. The third-order valence-electron chi connectivity index (χ3n) is 5.50. The van der Waals surface area contributed by atoms with E-state index in [1.807, 2.05) is 28.8 Å². The van der Waals surface area contributed by atoms with E-state index in [2.05, 4.69) is 15.1 Å². The lowest BCUT2D eigenvalue weighted by molar-refractivity contribution is 0.167. The van der Waals surface area contributed by atoms with Crippen LogP contribution in [0, 0.1) is 5.92 Å². The topological polar surface area (TPSA) is 52.4 Å². The third-order valence-corrected chi connectivity index (χ3v) is 5.50. The van der Waals surface area contributed by atoms with Gasteiger partial charge in [-0.2, -0.15) is 10.2 Å². The van der Waals surface area contributed by atoms with E-state index in [1.165, 1.54) is 0 Å². The zero-order chi connectivity index (χ0) is 19.8. The number of aromatic nitrogens is 3. The van der Waals surface area contributed by atoms with Gasteiger partial charge in [0.1, 0.15) is 0 Å². The zero-order valence-electron chi connectivity index (χ0n) is 17.2. The number of hydrogen-bond acceptors (Lipinski definition) is 5. The number of rotatable bonds is 5. The van der Waals surface area contributed by atoms with Crippen LogP contribution in [0.1, 0.15) is 27.7 Å². The summed E-state index contributed by atoms with van der Waals surface area (Å²) >= 11 is 0. The van der Waals surface area contributed by atoms with Crippen molar-refractivity contribution >= 4 is 10.8 Å². The van der Waals surface area contributed by atoms with Crippen LogP contribution in [0.4, 0.5) is 0 Å². The molecule has 0 spiro atoms. The molecule has 2 aliphatic rings. The first-order valence-electron chi connectivity index (χ1n) is 10.6. The molecule has 1 aromatic carbocycles. The number of ether oxygens (including phenoxy) is 2. The fraction of sp³-hybridized carbons (Fsp3) is 0.429. The molecule has 3 aromatic rings. The molecule has 6 nitrogen and oxygen atoms in total. The Balaban J connectivity index is 1.22. The molecule has 140 valence electrons. The van der Waals surface area contributed by atoms with Gasteiger partial charge in [0.05, 0.1) is 8.44 Å². The third kappa shape index (κ3) is 3.62. The van der Waals surface area contributed by atoms with Crippen molar-refractivity contribution in [3.63, 3.8) is 0 Å². The van der Waals surface area contributed by atoms with Crippen molar-refractivity contribution in [1.82, 2.24) is 19.7 Å². The monoisotopic (exact) mass is 366 g/mol. The lowest BCUT2D eigenvalue weighted by Gasteiger charge is -2.31. The molecule has 0 unspecified atom stereocenters. The molecule has 0 saturated carbocycles. The normalized spacial score (nSPS) is 18.7. The van der Waals surface area contributed by atoms with E-state index in [1.54, 1.807) is 6.20 Å². The van der Waals surface area contributed by atoms with Crippen LogP contribution in [0.25, 0.3) is 10.8 Å². The number of hydrogen-bond donors (Lipinski definition) is 0. The summed E-state index contributed by atoms with van der Waals surface area (Å²) in [6.45, 7) is 3.87. The number of fused-ring (bicyclic) bond motifs is 2. The predicted octanol–water partition coefficient (Wildman–Crippen LogP) is 3.46. The molecule has 6 heteroatoms. The molecule has 0 atom stereocenters. The average Bonchev–Trinajstić information content (AvgIpc) is 3.30. The van der Waals surface area contributed by atoms with Crippen molar-refractivity contribution in [2.24, 2.45) is 5.92 Å². The van der Waals surface area contributed by atoms with Gasteiger partial charge in [0.25, 0.3) is 0 Å². The molecular weight excluding hydrogens is 340 g/mol. The van der Waals surface area contributed by atoms with E-state index in [9.17, 15) is 0 Å². The highest BCUT2D eigenvalue weighted by molar-refractivity contribution is 5.86. The fourth-order valence-corrected chi connectivity index (χ4v) is 3.95. The van der Waals surface area contributed by atoms with Gasteiger partial charge in [-0.1, -0.05) is 0 Å². The van der Waals surface area contributed by atoms with Gasteiger partial charge in [-0.15, -0.1) is 0 Å². The largest absolute Gasteiger partial charge is 0.454 e. The maximum Gasteiger partial charge on any atom is 0.231 e. The summed E-state index contributed by atoms with van der Waals surface area (Å²) in [5, 5.41) is 9.65. The Morgan fingerprint density at radius 1 is 1.11 bits per heavy atom. The molecule has 0 N–H and O–H groups in total. The summed E-state index contributed by atoms with van der Waals surface area (Å²) in [7, 11) is 0. The SMILES string of the molecule is [2H]c1c2cc3c(cc2c([2H])n1CCC1CCN(Cc2cccnn2)CC1)OCO3. The molecule has 1 fully saturated rings. The van der Waals surface area contributed by atoms with Gasteiger partial charge in [0, 0.05) is 42.4 Å². The second-order valence-electron chi connectivity index (χ2n) is 7.35. The molecule has 5 rings (SSSR count). The number of piperidine rings is 1. The van der Waals surface area contributed by atoms with Crippen LogP contribution in [0.5, 0.6) is 11.5 Å². The van der Waals surface area contributed by atoms with Crippen molar-refractivity contribution in [3.8, 4) is 11.5 Å². The zero-order valence-corrected chi connectivity index (χ0v) is 15.2. The summed E-state index contributed by atoms with van der Waals surface area (Å²) in [5.41, 5.74) is 1.02. The van der Waals surface area contributed by atoms with Gasteiger partial charge in [-0.05, 0) is 62.5 Å². The summed E-state index contributed by atoms with van der Waals surface area (Å²) in [6.07, 6.45) is 5.75. The van der Waals surface area contributed by atoms with Crippen LogP contribution in [-0.4, -0.2) is 39.5 Å². The van der Waals surface area contributed by atoms with Gasteiger partial charge < -0.3 is 14.0 Å². The smallest absolute Gasteiger partial charge is 0.231 e. The van der Waals surface area contributed by atoms with E-state index >= 15 is 0 Å². The number of benzene rings is 1. The Hall–Kier alpha value is -2.60. The number of nitrogens with zero attached hydrogens (tertiary/aromatic N) is 4. The van der Waals surface area contributed by atoms with E-state index in [0.717, 1.165) is 55.4 Å². The first-order valence-corrected chi connectivity index (χ1v) is 9.57. The van der Waals surface area contributed by atoms with E-state index in [-0.39, 0.29) is 6.79 Å². The predicted molar refractivity (Wildman–Crippen MR) is 103 cm³/mol. The molecule has 4 heterocycles. The molecule has 1 saturated heterocycles. The summed E-state index contributed by atoms with van der Waals surface area (Å²) < 4.78 is 29.7. The molecule has 2 aliphatic heterocycles. The highest BCUT2D eigenvalue weighted by Crippen LogP contribution is 2.36. The lowest BCUT2D eigenvalue weighted by Crippen LogP contribution is -2.33. The van der Waals surface area contributed by atoms with Crippen molar-refractivity contribution in [2.45, 2.75) is 32.4 Å². The van der Waals surface area contributed by atoms with E-state index in [0.29, 0.717) is 36.3 Å². The summed E-state index contributed by atoms with van der Waals surface area (Å²) in [6, 6.07) is 7.62. The second kappa shape index (κ2) is 7.19. The van der Waals surface area contributed by atoms with Gasteiger partial charge in [-0.25, -0.2) is 0 Å². The van der Waals surface area contributed by atoms with Gasteiger partial charge >= 0.3 is 0 Å². The molecule has 0 aliphatic carbocycles. The Bertz CT molecular complexity index is 970. The second-order valence-corrected chi connectivity index (χ2v) is 7.35. The van der Waals surface area contributed by atoms with Crippen LogP contribution in [0.3, 0.4) is 0 Å². The summed E-state index contributed by atoms with van der Waals surface area (Å²) in [5.74, 6) is 1.95. The molecule has 0 bridgehead atoms. The average molecular weight is 366 g/mol. The molecule has 27 heavy (non-hydrogen) atoms. The molecule has 0 amide bonds. The van der Waals surface area contributed by atoms with Crippen LogP contribution in [-0.2, 0) is 13.1 Å². The van der Waals surface area contributed by atoms with Crippen LogP contribution < -0.4 is 9.47 Å². The van der Waals surface area contributed by atoms with Gasteiger partial charge in [-0.3, -0.25) is 4.90 Å². The fourth-order valence-electron chi connectivity index (χ4n) is 3.95. The molecule has 2 aromatic heterocycles. The Morgan fingerprint density at radius 3 is 2.52 bits per heavy atom. The van der Waals surface area contributed by atoms with Gasteiger partial charge in [0.2, 0.25) is 6.79 Å². The van der Waals surface area contributed by atoms with Crippen molar-refractivity contribution in [2.75, 3.05) is 19.9 Å². The van der Waals surface area contributed by atoms with Gasteiger partial charge in [0.15, 0.2) is 11.5 Å². The maximum absolute atomic E-state index is 8.52. The summed E-state index contributed by atoms with van der Waals surface area (Å²) in [4.78, 5) is 2.43. The minimum absolute atomic E-state index is 0.207. The Morgan fingerprint density at radius 2 is 1.85 bits per heavy atom. The first kappa shape index (κ1) is 14.5. The van der Waals surface area contributed by atoms with E-state index < -0.39 is 0 Å². The van der Waals surface area contributed by atoms with Crippen LogP contribution in [0.2, 0.25) is 0 Å². The van der Waals surface area contributed by atoms with Crippen LogP contribution >= 0.6 is 0 Å². The highest BCUT2D eigenvalue weighted by Gasteiger charge is 2.20. The quantitative estimate of drug-likeness (QED) is 0.692. The minimum Gasteiger partial charge on any atom is -0.454 e. The Kier molecular flexibility index (Phi) is 3.85. The Labute approximate surface area is 161 Å². The number of likely N-dealkylation sites (tertiary alicyclic amines) is 1. The minimum atomic E-state index is 0.207. The van der Waals surface area contributed by atoms with Crippen molar-refractivity contribution < 1.29 is 12.2 Å². The highest BCUT2D eigenvalue weighted by atomic mass is 16.7. The maximum atomic E-state index is 8.52. The van der Waals surface area contributed by atoms with Crippen LogP contribution in [0.15, 0.2) is 42.8 Å². The molecule has 0 radical (unpaired) electrons. The van der Waals surface area contributed by atoms with E-state index in [4.69, 9.17) is 12.2 Å². The van der Waals surface area contributed by atoms with Crippen molar-refractivity contribution in [3.05, 3.63) is 48.5 Å². The molecular formula is C21H24N4O2. The standard InChI is InChI=1S/C21H24N4O2/c1-2-19(23-22-6-1)14-24-7-3-16(4-8-24)5-9-25-12-17-10-20-21(27-15-26-20)11-18(17)13-25/h1-2,6,10-13,16H,3-5,7-9,14-15H2/i12D,13D. The lowest BCUT2D eigenvalue weighted by atomic mass is 9.93. The van der Waals surface area contributed by atoms with Crippen molar-refractivity contribution in [1.29, 1.82) is 0 Å².